The Bertz CT molecular complexity index is 435. The predicted molar refractivity (Wildman–Crippen MR) is 88.2 cm³/mol. The minimum Gasteiger partial charge on any atom is -0.307 e. The molecule has 112 valence electrons. The maximum atomic E-state index is 6.32. The highest BCUT2D eigenvalue weighted by Crippen LogP contribution is 2.39. The van der Waals surface area contributed by atoms with Gasteiger partial charge in [-0.3, -0.25) is 0 Å². The topological polar surface area (TPSA) is 12.0 Å². The van der Waals surface area contributed by atoms with E-state index in [4.69, 9.17) is 11.6 Å². The summed E-state index contributed by atoms with van der Waals surface area (Å²) >= 11 is 6.32. The number of hydrogen-bond acceptors (Lipinski definition) is 1. The zero-order valence-electron chi connectivity index (χ0n) is 13.2. The van der Waals surface area contributed by atoms with Gasteiger partial charge in [0.1, 0.15) is 0 Å². The van der Waals surface area contributed by atoms with Crippen molar-refractivity contribution in [3.63, 3.8) is 0 Å². The smallest absolute Gasteiger partial charge is 0.0453 e. The molecule has 0 heterocycles. The standard InChI is InChI=1S/C18H28ClN/c1-13(14-9-5-7-11-16(14)19)20-17-12-8-6-10-15(17)18(2,3)4/h5,7,9,11,13,15,17,20H,6,8,10,12H2,1-4H3. The first-order valence-electron chi connectivity index (χ1n) is 7.90. The van der Waals surface area contributed by atoms with Crippen LogP contribution in [-0.2, 0) is 0 Å². The van der Waals surface area contributed by atoms with Gasteiger partial charge in [-0.05, 0) is 42.7 Å². The Hall–Kier alpha value is -0.530. The van der Waals surface area contributed by atoms with Crippen molar-refractivity contribution in [3.8, 4) is 0 Å². The van der Waals surface area contributed by atoms with Crippen LogP contribution in [0.1, 0.15) is 65.0 Å². The molecule has 0 radical (unpaired) electrons. The first kappa shape index (κ1) is 15.9. The molecule has 2 heteroatoms. The molecule has 1 N–H and O–H groups in total. The largest absolute Gasteiger partial charge is 0.307 e. The molecule has 0 aromatic heterocycles. The third-order valence-corrected chi connectivity index (χ3v) is 5.06. The second-order valence-electron chi connectivity index (χ2n) is 7.27. The molecule has 1 nitrogen and oxygen atoms in total. The summed E-state index contributed by atoms with van der Waals surface area (Å²) in [6.45, 7) is 9.35. The maximum Gasteiger partial charge on any atom is 0.0453 e. The molecule has 2 rings (SSSR count). The first-order chi connectivity index (χ1) is 9.39. The zero-order chi connectivity index (χ0) is 14.8. The summed E-state index contributed by atoms with van der Waals surface area (Å²) in [5.41, 5.74) is 1.59. The summed E-state index contributed by atoms with van der Waals surface area (Å²) in [6, 6.07) is 9.11. The lowest BCUT2D eigenvalue weighted by Crippen LogP contribution is -2.45. The average Bonchev–Trinajstić information content (AvgIpc) is 2.38. The van der Waals surface area contributed by atoms with Crippen LogP contribution in [0.3, 0.4) is 0 Å². The van der Waals surface area contributed by atoms with Crippen molar-refractivity contribution in [2.24, 2.45) is 11.3 Å². The van der Waals surface area contributed by atoms with Gasteiger partial charge in [0.05, 0.1) is 0 Å². The van der Waals surface area contributed by atoms with Gasteiger partial charge in [0.15, 0.2) is 0 Å². The van der Waals surface area contributed by atoms with Crippen LogP contribution in [0.5, 0.6) is 0 Å². The Labute approximate surface area is 129 Å². The van der Waals surface area contributed by atoms with Gasteiger partial charge in [-0.1, -0.05) is 63.4 Å². The third kappa shape index (κ3) is 3.77. The molecule has 0 amide bonds. The summed E-state index contributed by atoms with van der Waals surface area (Å²) in [6.07, 6.45) is 5.35. The van der Waals surface area contributed by atoms with Crippen molar-refractivity contribution >= 4 is 11.6 Å². The number of hydrogen-bond donors (Lipinski definition) is 1. The van der Waals surface area contributed by atoms with Gasteiger partial charge in [0.2, 0.25) is 0 Å². The van der Waals surface area contributed by atoms with Gasteiger partial charge in [0, 0.05) is 17.1 Å². The van der Waals surface area contributed by atoms with Crippen molar-refractivity contribution in [2.45, 2.75) is 65.5 Å². The van der Waals surface area contributed by atoms with Crippen LogP contribution in [0.25, 0.3) is 0 Å². The van der Waals surface area contributed by atoms with Crippen LogP contribution in [0, 0.1) is 11.3 Å². The molecule has 1 aliphatic rings. The summed E-state index contributed by atoms with van der Waals surface area (Å²) < 4.78 is 0. The Balaban J connectivity index is 2.09. The van der Waals surface area contributed by atoms with Gasteiger partial charge in [0.25, 0.3) is 0 Å². The normalized spacial score (nSPS) is 25.4. The van der Waals surface area contributed by atoms with E-state index in [1.165, 1.54) is 31.2 Å². The molecule has 0 bridgehead atoms. The van der Waals surface area contributed by atoms with E-state index >= 15 is 0 Å². The Morgan fingerprint density at radius 2 is 1.80 bits per heavy atom. The van der Waals surface area contributed by atoms with E-state index in [1.54, 1.807) is 0 Å². The molecule has 1 aromatic rings. The Kier molecular flexibility index (Phi) is 5.14. The van der Waals surface area contributed by atoms with Gasteiger partial charge in [-0.15, -0.1) is 0 Å². The van der Waals surface area contributed by atoms with Crippen molar-refractivity contribution in [1.82, 2.24) is 5.32 Å². The number of rotatable bonds is 3. The molecule has 0 aliphatic heterocycles. The third-order valence-electron chi connectivity index (χ3n) is 4.71. The number of benzene rings is 1. The van der Waals surface area contributed by atoms with Crippen molar-refractivity contribution in [3.05, 3.63) is 34.9 Å². The first-order valence-corrected chi connectivity index (χ1v) is 8.28. The predicted octanol–water partition coefficient (Wildman–Crippen LogP) is 5.60. The summed E-state index contributed by atoms with van der Waals surface area (Å²) in [5, 5.41) is 4.72. The fraction of sp³-hybridized carbons (Fsp3) is 0.667. The molecule has 1 saturated carbocycles. The average molecular weight is 294 g/mol. The van der Waals surface area contributed by atoms with Crippen LogP contribution in [-0.4, -0.2) is 6.04 Å². The van der Waals surface area contributed by atoms with E-state index in [-0.39, 0.29) is 0 Å². The number of halogens is 1. The lowest BCUT2D eigenvalue weighted by Gasteiger charge is -2.42. The molecular formula is C18H28ClN. The van der Waals surface area contributed by atoms with Gasteiger partial charge < -0.3 is 5.32 Å². The molecule has 3 unspecified atom stereocenters. The SMILES string of the molecule is CC(NC1CCCCC1C(C)(C)C)c1ccccc1Cl. The lowest BCUT2D eigenvalue weighted by atomic mass is 9.69. The second kappa shape index (κ2) is 6.49. The fourth-order valence-corrected chi connectivity index (χ4v) is 3.90. The molecule has 0 saturated heterocycles. The molecule has 1 aromatic carbocycles. The van der Waals surface area contributed by atoms with Crippen LogP contribution in [0.15, 0.2) is 24.3 Å². The van der Waals surface area contributed by atoms with Crippen LogP contribution >= 0.6 is 11.6 Å². The highest BCUT2D eigenvalue weighted by atomic mass is 35.5. The minimum absolute atomic E-state index is 0.316. The summed E-state index contributed by atoms with van der Waals surface area (Å²) in [7, 11) is 0. The molecular weight excluding hydrogens is 266 g/mol. The molecule has 0 spiro atoms. The quantitative estimate of drug-likeness (QED) is 0.765. The van der Waals surface area contributed by atoms with E-state index in [0.29, 0.717) is 17.5 Å². The second-order valence-corrected chi connectivity index (χ2v) is 7.68. The zero-order valence-corrected chi connectivity index (χ0v) is 14.0. The molecule has 1 aliphatic carbocycles. The van der Waals surface area contributed by atoms with Gasteiger partial charge >= 0.3 is 0 Å². The van der Waals surface area contributed by atoms with Crippen LogP contribution in [0.2, 0.25) is 5.02 Å². The van der Waals surface area contributed by atoms with Crippen molar-refractivity contribution in [1.29, 1.82) is 0 Å². The van der Waals surface area contributed by atoms with E-state index in [9.17, 15) is 0 Å². The summed E-state index contributed by atoms with van der Waals surface area (Å²) in [5.74, 6) is 0.751. The van der Waals surface area contributed by atoms with Crippen molar-refractivity contribution < 1.29 is 0 Å². The molecule has 20 heavy (non-hydrogen) atoms. The number of nitrogens with one attached hydrogen (secondary N) is 1. The van der Waals surface area contributed by atoms with Gasteiger partial charge in [-0.25, -0.2) is 0 Å². The van der Waals surface area contributed by atoms with Crippen LogP contribution in [0.4, 0.5) is 0 Å². The fourth-order valence-electron chi connectivity index (χ4n) is 3.60. The lowest BCUT2D eigenvalue weighted by molar-refractivity contribution is 0.124. The molecule has 1 fully saturated rings. The Morgan fingerprint density at radius 1 is 1.15 bits per heavy atom. The van der Waals surface area contributed by atoms with E-state index < -0.39 is 0 Å². The highest BCUT2D eigenvalue weighted by molar-refractivity contribution is 6.31. The van der Waals surface area contributed by atoms with E-state index in [1.807, 2.05) is 12.1 Å². The van der Waals surface area contributed by atoms with E-state index in [2.05, 4.69) is 45.1 Å². The minimum atomic E-state index is 0.316. The Morgan fingerprint density at radius 3 is 2.45 bits per heavy atom. The van der Waals surface area contributed by atoms with Gasteiger partial charge in [-0.2, -0.15) is 0 Å². The highest BCUT2D eigenvalue weighted by Gasteiger charge is 2.34. The monoisotopic (exact) mass is 293 g/mol. The van der Waals surface area contributed by atoms with E-state index in [0.717, 1.165) is 10.9 Å². The van der Waals surface area contributed by atoms with Crippen molar-refractivity contribution in [2.75, 3.05) is 0 Å². The maximum absolute atomic E-state index is 6.32. The molecule has 3 atom stereocenters. The van der Waals surface area contributed by atoms with Crippen LogP contribution < -0.4 is 5.32 Å². The summed E-state index contributed by atoms with van der Waals surface area (Å²) in [4.78, 5) is 0.